The van der Waals surface area contributed by atoms with E-state index in [4.69, 9.17) is 11.5 Å². The van der Waals surface area contributed by atoms with Gasteiger partial charge in [-0.05, 0) is 19.0 Å². The van der Waals surface area contributed by atoms with Crippen LogP contribution in [0.4, 0.5) is 5.82 Å². The lowest BCUT2D eigenvalue weighted by atomic mass is 10.1. The van der Waals surface area contributed by atoms with Crippen LogP contribution in [0, 0.1) is 0 Å². The van der Waals surface area contributed by atoms with Gasteiger partial charge >= 0.3 is 0 Å². The highest BCUT2D eigenvalue weighted by molar-refractivity contribution is 6.10. The molecular weight excluding hydrogens is 268 g/mol. The van der Waals surface area contributed by atoms with Gasteiger partial charge in [0.2, 0.25) is 0 Å². The monoisotopic (exact) mass is 288 g/mol. The van der Waals surface area contributed by atoms with Crippen molar-refractivity contribution in [2.24, 2.45) is 10.7 Å². The molecular formula is C14H20N6O. The molecule has 21 heavy (non-hydrogen) atoms. The van der Waals surface area contributed by atoms with Crippen molar-refractivity contribution in [2.75, 3.05) is 25.9 Å². The van der Waals surface area contributed by atoms with Gasteiger partial charge in [-0.3, -0.25) is 9.79 Å². The van der Waals surface area contributed by atoms with Crippen LogP contribution in [-0.2, 0) is 0 Å². The minimum Gasteiger partial charge on any atom is -0.404 e. The van der Waals surface area contributed by atoms with Crippen molar-refractivity contribution in [1.29, 1.82) is 0 Å². The Morgan fingerprint density at radius 3 is 3.05 bits per heavy atom. The van der Waals surface area contributed by atoms with Gasteiger partial charge in [0.25, 0.3) is 5.91 Å². The summed E-state index contributed by atoms with van der Waals surface area (Å²) in [5.41, 5.74) is 13.1. The lowest BCUT2D eigenvalue weighted by Gasteiger charge is -2.13. The first-order chi connectivity index (χ1) is 10.2. The average molecular weight is 288 g/mol. The number of hydrogen-bond acceptors (Lipinski definition) is 6. The van der Waals surface area contributed by atoms with Gasteiger partial charge in [0.05, 0.1) is 5.56 Å². The lowest BCUT2D eigenvalue weighted by Crippen LogP contribution is -2.36. The summed E-state index contributed by atoms with van der Waals surface area (Å²) in [6.45, 7) is 1.68. The van der Waals surface area contributed by atoms with Gasteiger partial charge in [0, 0.05) is 49.4 Å². The second kappa shape index (κ2) is 6.85. The van der Waals surface area contributed by atoms with E-state index < -0.39 is 0 Å². The third-order valence-corrected chi connectivity index (χ3v) is 3.34. The van der Waals surface area contributed by atoms with Crippen LogP contribution in [0.15, 0.2) is 23.5 Å². The number of hydrogen-bond donors (Lipinski definition) is 4. The Kier molecular flexibility index (Phi) is 4.89. The Bertz CT molecular complexity index is 575. The zero-order chi connectivity index (χ0) is 15.2. The number of nitrogens with zero attached hydrogens (tertiary/aromatic N) is 2. The molecule has 112 valence electrons. The molecule has 0 aliphatic carbocycles. The van der Waals surface area contributed by atoms with Crippen LogP contribution >= 0.6 is 0 Å². The number of aliphatic imine (C=N–C) groups is 1. The van der Waals surface area contributed by atoms with E-state index in [0.29, 0.717) is 16.7 Å². The Labute approximate surface area is 123 Å². The molecule has 1 aliphatic heterocycles. The highest BCUT2D eigenvalue weighted by atomic mass is 16.1. The molecule has 1 atom stereocenters. The van der Waals surface area contributed by atoms with Crippen molar-refractivity contribution >= 4 is 23.5 Å². The van der Waals surface area contributed by atoms with Crippen LogP contribution in [0.1, 0.15) is 22.3 Å². The molecule has 2 heterocycles. The number of rotatable bonds is 4. The molecule has 0 aromatic carbocycles. The van der Waals surface area contributed by atoms with Crippen LogP contribution < -0.4 is 22.1 Å². The van der Waals surface area contributed by atoms with Crippen molar-refractivity contribution in [3.63, 3.8) is 0 Å². The maximum atomic E-state index is 12.3. The van der Waals surface area contributed by atoms with Crippen LogP contribution in [0.3, 0.4) is 0 Å². The minimum absolute atomic E-state index is 0.127. The van der Waals surface area contributed by atoms with Crippen LogP contribution in [0.5, 0.6) is 0 Å². The van der Waals surface area contributed by atoms with E-state index in [1.807, 2.05) is 0 Å². The smallest absolute Gasteiger partial charge is 0.255 e. The summed E-state index contributed by atoms with van der Waals surface area (Å²) < 4.78 is 0. The van der Waals surface area contributed by atoms with E-state index in [1.165, 1.54) is 6.20 Å². The van der Waals surface area contributed by atoms with Crippen molar-refractivity contribution < 1.29 is 4.79 Å². The number of nitrogen functional groups attached to an aromatic ring is 1. The fourth-order valence-electron chi connectivity index (χ4n) is 2.21. The van der Waals surface area contributed by atoms with Crippen LogP contribution in [-0.4, -0.2) is 43.3 Å². The SMILES string of the molecule is CN=C/C(=C\N)c1cnc(N)c(C(=O)N[C@@H]2CCNC2)c1. The van der Waals surface area contributed by atoms with Gasteiger partial charge in [-0.15, -0.1) is 0 Å². The van der Waals surface area contributed by atoms with Crippen LogP contribution in [0.2, 0.25) is 0 Å². The second-order valence-corrected chi connectivity index (χ2v) is 4.83. The predicted molar refractivity (Wildman–Crippen MR) is 84.0 cm³/mol. The Morgan fingerprint density at radius 2 is 2.43 bits per heavy atom. The summed E-state index contributed by atoms with van der Waals surface area (Å²) in [6.07, 6.45) is 5.51. The molecule has 1 aromatic rings. The molecule has 6 N–H and O–H groups in total. The highest BCUT2D eigenvalue weighted by Crippen LogP contribution is 2.17. The van der Waals surface area contributed by atoms with Gasteiger partial charge in [-0.1, -0.05) is 0 Å². The van der Waals surface area contributed by atoms with Gasteiger partial charge < -0.3 is 22.1 Å². The highest BCUT2D eigenvalue weighted by Gasteiger charge is 2.19. The Balaban J connectivity index is 2.23. The largest absolute Gasteiger partial charge is 0.404 e. The number of anilines is 1. The molecule has 0 spiro atoms. The van der Waals surface area contributed by atoms with E-state index in [9.17, 15) is 4.79 Å². The fraction of sp³-hybridized carbons (Fsp3) is 0.357. The Hall–Kier alpha value is -2.41. The zero-order valence-electron chi connectivity index (χ0n) is 12.0. The maximum Gasteiger partial charge on any atom is 0.255 e. The van der Waals surface area contributed by atoms with E-state index >= 15 is 0 Å². The third kappa shape index (κ3) is 3.57. The number of aromatic nitrogens is 1. The predicted octanol–water partition coefficient (Wildman–Crippen LogP) is -0.244. The molecule has 7 heteroatoms. The summed E-state index contributed by atoms with van der Waals surface area (Å²) >= 11 is 0. The summed E-state index contributed by atoms with van der Waals surface area (Å²) in [4.78, 5) is 20.3. The normalized spacial score (nSPS) is 19.1. The summed E-state index contributed by atoms with van der Waals surface area (Å²) in [5.74, 6) is -0.0210. The van der Waals surface area contributed by atoms with Gasteiger partial charge in [-0.2, -0.15) is 0 Å². The van der Waals surface area contributed by atoms with Crippen molar-refractivity contribution in [2.45, 2.75) is 12.5 Å². The summed E-state index contributed by atoms with van der Waals surface area (Å²) in [5, 5.41) is 6.14. The van der Waals surface area contributed by atoms with Gasteiger partial charge in [-0.25, -0.2) is 4.98 Å². The molecule has 0 bridgehead atoms. The molecule has 1 aliphatic rings. The zero-order valence-corrected chi connectivity index (χ0v) is 12.0. The lowest BCUT2D eigenvalue weighted by molar-refractivity contribution is 0.0940. The number of allylic oxidation sites excluding steroid dienone is 1. The topological polar surface area (TPSA) is 118 Å². The number of carbonyl (C=O) groups is 1. The van der Waals surface area contributed by atoms with Gasteiger partial charge in [0.15, 0.2) is 0 Å². The number of carbonyl (C=O) groups excluding carboxylic acids is 1. The number of nitrogens with two attached hydrogens (primary N) is 2. The second-order valence-electron chi connectivity index (χ2n) is 4.83. The summed E-state index contributed by atoms with van der Waals surface area (Å²) in [6, 6.07) is 1.81. The molecule has 0 unspecified atom stereocenters. The van der Waals surface area contributed by atoms with Crippen molar-refractivity contribution in [1.82, 2.24) is 15.6 Å². The van der Waals surface area contributed by atoms with Crippen molar-refractivity contribution in [3.05, 3.63) is 29.6 Å². The van der Waals surface area contributed by atoms with Crippen molar-refractivity contribution in [3.8, 4) is 0 Å². The first-order valence-electron chi connectivity index (χ1n) is 6.77. The fourth-order valence-corrected chi connectivity index (χ4v) is 2.21. The van der Waals surface area contributed by atoms with E-state index in [1.54, 1.807) is 25.5 Å². The molecule has 1 amide bonds. The molecule has 0 radical (unpaired) electrons. The molecule has 1 fully saturated rings. The van der Waals surface area contributed by atoms with E-state index in [-0.39, 0.29) is 17.8 Å². The average Bonchev–Trinajstić information content (AvgIpc) is 2.98. The maximum absolute atomic E-state index is 12.3. The first-order valence-corrected chi connectivity index (χ1v) is 6.77. The molecule has 2 rings (SSSR count). The standard InChI is InChI=1S/C14H20N6O/c1-17-6-10(5-15)9-4-12(13(16)19-7-9)14(21)20-11-2-3-18-8-11/h4-7,11,18H,2-3,8,15H2,1H3,(H2,16,19)(H,20,21)/b10-5+,17-6?/t11-/m1/s1. The van der Waals surface area contributed by atoms with Crippen LogP contribution in [0.25, 0.3) is 5.57 Å². The van der Waals surface area contributed by atoms with E-state index in [2.05, 4.69) is 20.6 Å². The number of amides is 1. The number of nitrogens with one attached hydrogen (secondary N) is 2. The third-order valence-electron chi connectivity index (χ3n) is 3.34. The first kappa shape index (κ1) is 15.0. The molecule has 7 nitrogen and oxygen atoms in total. The minimum atomic E-state index is -0.222. The Morgan fingerprint density at radius 1 is 1.62 bits per heavy atom. The molecule has 0 saturated carbocycles. The quantitative estimate of drug-likeness (QED) is 0.570. The molecule has 1 aromatic heterocycles. The molecule has 1 saturated heterocycles. The van der Waals surface area contributed by atoms with Gasteiger partial charge in [0.1, 0.15) is 5.82 Å². The van der Waals surface area contributed by atoms with E-state index in [0.717, 1.165) is 19.5 Å². The summed E-state index contributed by atoms with van der Waals surface area (Å²) in [7, 11) is 1.65. The number of pyridine rings is 1.